The molecule has 1 N–H and O–H groups in total. The van der Waals surface area contributed by atoms with Crippen LogP contribution in [0.3, 0.4) is 0 Å². The number of rotatable bonds is 10. The van der Waals surface area contributed by atoms with E-state index in [2.05, 4.69) is 66.7 Å². The highest BCUT2D eigenvalue weighted by Gasteiger charge is 2.21. The van der Waals surface area contributed by atoms with Crippen LogP contribution in [0.4, 0.5) is 0 Å². The van der Waals surface area contributed by atoms with Crippen molar-refractivity contribution in [1.29, 1.82) is 0 Å². The molecule has 172 valence electrons. The first kappa shape index (κ1) is 22.7. The highest BCUT2D eigenvalue weighted by atomic mass is 32.2. The Labute approximate surface area is 207 Å². The van der Waals surface area contributed by atoms with E-state index < -0.39 is 5.97 Å². The van der Waals surface area contributed by atoms with Gasteiger partial charge in [0.15, 0.2) is 4.34 Å². The van der Waals surface area contributed by atoms with E-state index in [-0.39, 0.29) is 13.0 Å². The molecule has 0 saturated carbocycles. The number of thiazole rings is 1. The SMILES string of the molecule is O=C(O)CCOC1=CC=C2C=c3sc(SCCC(c4ccccc4)c4ccccc4)nc3=C2C1. The first-order chi connectivity index (χ1) is 16.7. The van der Waals surface area contributed by atoms with Crippen molar-refractivity contribution in [1.82, 2.24) is 4.98 Å². The molecule has 0 bridgehead atoms. The van der Waals surface area contributed by atoms with E-state index in [1.807, 2.05) is 23.9 Å². The predicted molar refractivity (Wildman–Crippen MR) is 138 cm³/mol. The van der Waals surface area contributed by atoms with Crippen LogP contribution in [0.25, 0.3) is 11.6 Å². The fourth-order valence-electron chi connectivity index (χ4n) is 4.33. The molecular weight excluding hydrogens is 462 g/mol. The van der Waals surface area contributed by atoms with Crippen molar-refractivity contribution < 1.29 is 14.6 Å². The third kappa shape index (κ3) is 5.18. The Morgan fingerprint density at radius 2 is 1.76 bits per heavy atom. The molecule has 0 amide bonds. The van der Waals surface area contributed by atoms with Crippen molar-refractivity contribution in [3.05, 3.63) is 105 Å². The number of hydrogen-bond acceptors (Lipinski definition) is 5. The van der Waals surface area contributed by atoms with E-state index in [4.69, 9.17) is 14.8 Å². The van der Waals surface area contributed by atoms with Gasteiger partial charge in [0.05, 0.1) is 22.9 Å². The zero-order valence-electron chi connectivity index (χ0n) is 18.6. The van der Waals surface area contributed by atoms with Crippen LogP contribution in [0, 0.1) is 0 Å². The van der Waals surface area contributed by atoms with Crippen LogP contribution in [0.5, 0.6) is 0 Å². The molecule has 1 aromatic heterocycles. The van der Waals surface area contributed by atoms with Crippen LogP contribution in [-0.4, -0.2) is 28.4 Å². The molecule has 1 heterocycles. The number of fused-ring (bicyclic) bond motifs is 2. The normalized spacial score (nSPS) is 14.2. The number of benzene rings is 2. The number of ether oxygens (including phenoxy) is 1. The minimum Gasteiger partial charge on any atom is -0.497 e. The summed E-state index contributed by atoms with van der Waals surface area (Å²) in [6.07, 6.45) is 7.89. The Balaban J connectivity index is 1.26. The molecule has 0 saturated heterocycles. The van der Waals surface area contributed by atoms with E-state index in [0.29, 0.717) is 12.3 Å². The van der Waals surface area contributed by atoms with Crippen molar-refractivity contribution in [2.75, 3.05) is 12.4 Å². The van der Waals surface area contributed by atoms with E-state index >= 15 is 0 Å². The lowest BCUT2D eigenvalue weighted by Crippen LogP contribution is -2.20. The smallest absolute Gasteiger partial charge is 0.306 e. The van der Waals surface area contributed by atoms with Crippen LogP contribution < -0.4 is 9.88 Å². The van der Waals surface area contributed by atoms with Crippen molar-refractivity contribution in [2.24, 2.45) is 0 Å². The molecule has 5 rings (SSSR count). The van der Waals surface area contributed by atoms with Gasteiger partial charge in [-0.3, -0.25) is 4.79 Å². The molecule has 0 unspecified atom stereocenters. The maximum atomic E-state index is 10.7. The van der Waals surface area contributed by atoms with Gasteiger partial charge in [0.1, 0.15) is 5.76 Å². The Bertz CT molecular complexity index is 1320. The summed E-state index contributed by atoms with van der Waals surface area (Å²) >= 11 is 3.57. The van der Waals surface area contributed by atoms with Crippen LogP contribution >= 0.6 is 23.1 Å². The highest BCUT2D eigenvalue weighted by molar-refractivity contribution is 8.00. The molecule has 0 atom stereocenters. The summed E-state index contributed by atoms with van der Waals surface area (Å²) in [6, 6.07) is 21.4. The number of aromatic nitrogens is 1. The van der Waals surface area contributed by atoms with Gasteiger partial charge in [-0.15, -0.1) is 11.3 Å². The van der Waals surface area contributed by atoms with Gasteiger partial charge in [0, 0.05) is 18.1 Å². The van der Waals surface area contributed by atoms with Gasteiger partial charge in [-0.05, 0) is 40.8 Å². The molecule has 0 radical (unpaired) electrons. The second-order valence-electron chi connectivity index (χ2n) is 8.25. The number of carbonyl (C=O) groups is 1. The Kier molecular flexibility index (Phi) is 6.97. The maximum Gasteiger partial charge on any atom is 0.306 e. The topological polar surface area (TPSA) is 59.4 Å². The van der Waals surface area contributed by atoms with Crippen LogP contribution in [-0.2, 0) is 9.53 Å². The summed E-state index contributed by atoms with van der Waals surface area (Å²) in [6.45, 7) is 0.191. The van der Waals surface area contributed by atoms with Gasteiger partial charge in [-0.1, -0.05) is 78.5 Å². The largest absolute Gasteiger partial charge is 0.497 e. The summed E-state index contributed by atoms with van der Waals surface area (Å²) in [4.78, 5) is 15.7. The number of thioether (sulfide) groups is 1. The summed E-state index contributed by atoms with van der Waals surface area (Å²) in [5, 5.41) is 9.88. The number of allylic oxidation sites excluding steroid dienone is 4. The van der Waals surface area contributed by atoms with Crippen molar-refractivity contribution >= 4 is 40.7 Å². The average molecular weight is 488 g/mol. The third-order valence-electron chi connectivity index (χ3n) is 5.99. The quantitative estimate of drug-likeness (QED) is 0.403. The number of nitrogens with zero attached hydrogens (tertiary/aromatic N) is 1. The van der Waals surface area contributed by atoms with E-state index in [0.717, 1.165) is 27.6 Å². The van der Waals surface area contributed by atoms with Gasteiger partial charge in [-0.2, -0.15) is 0 Å². The standard InChI is InChI=1S/C28H25NO3S2/c30-26(31)13-15-32-22-12-11-21-17-25-27(24(21)18-22)29-28(34-25)33-16-14-23(19-7-3-1-4-8-19)20-9-5-2-6-10-20/h1-12,17,23H,13-16,18H2,(H,30,31). The molecule has 34 heavy (non-hydrogen) atoms. The fourth-order valence-corrected chi connectivity index (χ4v) is 6.55. The van der Waals surface area contributed by atoms with Gasteiger partial charge in [-0.25, -0.2) is 4.98 Å². The van der Waals surface area contributed by atoms with Gasteiger partial charge in [0.2, 0.25) is 0 Å². The second-order valence-corrected chi connectivity index (χ2v) is 10.6. The third-order valence-corrected chi connectivity index (χ3v) is 8.17. The molecule has 6 heteroatoms. The zero-order chi connectivity index (χ0) is 23.3. The second kappa shape index (κ2) is 10.5. The number of carboxylic acids is 1. The Morgan fingerprint density at radius 1 is 1.06 bits per heavy atom. The molecule has 2 aliphatic carbocycles. The van der Waals surface area contributed by atoms with Gasteiger partial charge in [0.25, 0.3) is 0 Å². The monoisotopic (exact) mass is 487 g/mol. The molecule has 2 aromatic carbocycles. The van der Waals surface area contributed by atoms with Crippen molar-refractivity contribution in [2.45, 2.75) is 29.5 Å². The number of aliphatic carboxylic acids is 1. The zero-order valence-corrected chi connectivity index (χ0v) is 20.3. The first-order valence-corrected chi connectivity index (χ1v) is 13.2. The first-order valence-electron chi connectivity index (χ1n) is 11.4. The molecule has 0 spiro atoms. The number of hydrogen-bond donors (Lipinski definition) is 1. The van der Waals surface area contributed by atoms with Gasteiger partial charge < -0.3 is 9.84 Å². The average Bonchev–Trinajstić information content (AvgIpc) is 3.40. The molecular formula is C28H25NO3S2. The van der Waals surface area contributed by atoms with E-state index in [1.165, 1.54) is 26.8 Å². The lowest BCUT2D eigenvalue weighted by molar-refractivity contribution is -0.137. The fraction of sp³-hybridized carbons (Fsp3) is 0.214. The molecule has 2 aliphatic rings. The minimum atomic E-state index is -0.847. The van der Waals surface area contributed by atoms with Crippen LogP contribution in [0.2, 0.25) is 0 Å². The minimum absolute atomic E-state index is 0.00503. The molecule has 4 nitrogen and oxygen atoms in total. The van der Waals surface area contributed by atoms with Crippen molar-refractivity contribution in [3.8, 4) is 0 Å². The Morgan fingerprint density at radius 3 is 2.44 bits per heavy atom. The van der Waals surface area contributed by atoms with E-state index in [9.17, 15) is 4.79 Å². The molecule has 0 fully saturated rings. The van der Waals surface area contributed by atoms with Crippen LogP contribution in [0.15, 0.2) is 88.5 Å². The number of carboxylic acid groups (broad SMARTS) is 1. The molecule has 3 aromatic rings. The summed E-state index contributed by atoms with van der Waals surface area (Å²) in [5.41, 5.74) is 5.06. The lowest BCUT2D eigenvalue weighted by atomic mass is 9.89. The predicted octanol–water partition coefficient (Wildman–Crippen LogP) is 5.11. The van der Waals surface area contributed by atoms with Crippen molar-refractivity contribution in [3.63, 3.8) is 0 Å². The summed E-state index contributed by atoms with van der Waals surface area (Å²) < 4.78 is 7.96. The summed E-state index contributed by atoms with van der Waals surface area (Å²) in [7, 11) is 0. The van der Waals surface area contributed by atoms with Gasteiger partial charge >= 0.3 is 5.97 Å². The molecule has 0 aliphatic heterocycles. The lowest BCUT2D eigenvalue weighted by Gasteiger charge is -2.17. The maximum absolute atomic E-state index is 10.7. The van der Waals surface area contributed by atoms with Crippen LogP contribution in [0.1, 0.15) is 36.3 Å². The summed E-state index contributed by atoms with van der Waals surface area (Å²) in [5.74, 6) is 1.31. The van der Waals surface area contributed by atoms with E-state index in [1.54, 1.807) is 11.3 Å². The Hall–Kier alpha value is -3.09. The highest BCUT2D eigenvalue weighted by Crippen LogP contribution is 2.32.